The average molecular weight is 364 g/mol. The van der Waals surface area contributed by atoms with Gasteiger partial charge in [0.1, 0.15) is 5.75 Å². The number of carbonyl (C=O) groups excluding carboxylic acids is 1. The summed E-state index contributed by atoms with van der Waals surface area (Å²) in [5, 5.41) is 12.2. The van der Waals surface area contributed by atoms with E-state index in [-0.39, 0.29) is 5.91 Å². The van der Waals surface area contributed by atoms with Crippen LogP contribution in [0, 0.1) is 11.3 Å². The van der Waals surface area contributed by atoms with Gasteiger partial charge in [0.2, 0.25) is 0 Å². The molecule has 0 saturated carbocycles. The molecular weight excluding hydrogens is 350 g/mol. The van der Waals surface area contributed by atoms with Crippen molar-refractivity contribution in [1.82, 2.24) is 4.98 Å². The first-order chi connectivity index (χ1) is 12.6. The van der Waals surface area contributed by atoms with E-state index in [9.17, 15) is 4.79 Å². The lowest BCUT2D eigenvalue weighted by Gasteiger charge is -2.11. The van der Waals surface area contributed by atoms with Crippen LogP contribution in [0.2, 0.25) is 5.02 Å². The van der Waals surface area contributed by atoms with Crippen LogP contribution >= 0.6 is 11.6 Å². The molecule has 0 atom stereocenters. The number of nitrogens with one attached hydrogen (secondary N) is 1. The molecule has 3 aromatic rings. The number of nitrogens with zero attached hydrogens (tertiary/aromatic N) is 2. The summed E-state index contributed by atoms with van der Waals surface area (Å²) >= 11 is 5.89. The number of nitriles is 1. The predicted molar refractivity (Wildman–Crippen MR) is 100 cm³/mol. The minimum atomic E-state index is -0.269. The molecule has 0 spiro atoms. The van der Waals surface area contributed by atoms with E-state index in [4.69, 9.17) is 21.6 Å². The maximum absolute atomic E-state index is 12.4. The van der Waals surface area contributed by atoms with Gasteiger partial charge >= 0.3 is 0 Å². The van der Waals surface area contributed by atoms with Crippen molar-refractivity contribution >= 4 is 23.2 Å². The molecule has 0 aliphatic heterocycles. The number of pyridine rings is 1. The molecule has 0 saturated heterocycles. The Labute approximate surface area is 155 Å². The number of aromatic nitrogens is 1. The van der Waals surface area contributed by atoms with Crippen LogP contribution in [0.3, 0.4) is 0 Å². The Morgan fingerprint density at radius 2 is 1.92 bits per heavy atom. The van der Waals surface area contributed by atoms with Crippen molar-refractivity contribution in [2.75, 3.05) is 12.4 Å². The Bertz CT molecular complexity index is 977. The minimum Gasteiger partial charge on any atom is -0.496 e. The molecular formula is C20H14ClN3O2. The van der Waals surface area contributed by atoms with Gasteiger partial charge in [-0.25, -0.2) is 0 Å². The molecule has 0 radical (unpaired) electrons. The summed E-state index contributed by atoms with van der Waals surface area (Å²) in [5.41, 5.74) is 2.99. The number of hydrogen-bond acceptors (Lipinski definition) is 4. The normalized spacial score (nSPS) is 10.0. The maximum atomic E-state index is 12.4. The number of benzene rings is 2. The van der Waals surface area contributed by atoms with Crippen molar-refractivity contribution in [2.45, 2.75) is 0 Å². The SMILES string of the molecule is COc1ccc(NC(=O)c2ccc(C#N)cc2)cc1-c1ccc(Cl)cn1. The number of methoxy groups -OCH3 is 1. The number of amides is 1. The number of halogens is 1. The Kier molecular flexibility index (Phi) is 5.16. The number of carbonyl (C=O) groups is 1. The molecule has 0 bridgehead atoms. The first-order valence-corrected chi connectivity index (χ1v) is 8.10. The lowest BCUT2D eigenvalue weighted by molar-refractivity contribution is 0.102. The lowest BCUT2D eigenvalue weighted by Crippen LogP contribution is -2.11. The molecule has 1 N–H and O–H groups in total. The third-order valence-corrected chi connectivity index (χ3v) is 3.96. The van der Waals surface area contributed by atoms with Crippen LogP contribution in [0.25, 0.3) is 11.3 Å². The lowest BCUT2D eigenvalue weighted by atomic mass is 10.1. The average Bonchev–Trinajstić information content (AvgIpc) is 2.68. The monoisotopic (exact) mass is 363 g/mol. The zero-order chi connectivity index (χ0) is 18.5. The number of rotatable bonds is 4. The van der Waals surface area contributed by atoms with E-state index in [0.29, 0.717) is 33.3 Å². The van der Waals surface area contributed by atoms with E-state index in [0.717, 1.165) is 5.56 Å². The molecule has 3 rings (SSSR count). The van der Waals surface area contributed by atoms with Crippen molar-refractivity contribution in [2.24, 2.45) is 0 Å². The van der Waals surface area contributed by atoms with E-state index in [1.54, 1.807) is 67.9 Å². The second-order valence-electron chi connectivity index (χ2n) is 5.42. The van der Waals surface area contributed by atoms with E-state index in [1.807, 2.05) is 6.07 Å². The third kappa shape index (κ3) is 3.82. The standard InChI is InChI=1S/C20H14ClN3O2/c1-26-19-9-7-16(10-17(19)18-8-6-15(21)12-23-18)24-20(25)14-4-2-13(11-22)3-5-14/h2-10,12H,1H3,(H,24,25). The minimum absolute atomic E-state index is 0.269. The predicted octanol–water partition coefficient (Wildman–Crippen LogP) is 4.53. The summed E-state index contributed by atoms with van der Waals surface area (Å²) in [6.07, 6.45) is 1.55. The number of ether oxygens (including phenoxy) is 1. The highest BCUT2D eigenvalue weighted by Gasteiger charge is 2.11. The highest BCUT2D eigenvalue weighted by atomic mass is 35.5. The summed E-state index contributed by atoms with van der Waals surface area (Å²) in [6, 6.07) is 17.3. The second-order valence-corrected chi connectivity index (χ2v) is 5.86. The molecule has 6 heteroatoms. The van der Waals surface area contributed by atoms with E-state index in [2.05, 4.69) is 10.3 Å². The van der Waals surface area contributed by atoms with Crippen molar-refractivity contribution in [3.05, 3.63) is 76.9 Å². The highest BCUT2D eigenvalue weighted by molar-refractivity contribution is 6.30. The Morgan fingerprint density at radius 1 is 1.15 bits per heavy atom. The van der Waals surface area contributed by atoms with Gasteiger partial charge in [0, 0.05) is 23.0 Å². The summed E-state index contributed by atoms with van der Waals surface area (Å²) in [6.45, 7) is 0. The van der Waals surface area contributed by atoms with Gasteiger partial charge in [0.25, 0.3) is 5.91 Å². The van der Waals surface area contributed by atoms with Crippen LogP contribution < -0.4 is 10.1 Å². The molecule has 0 unspecified atom stereocenters. The Hall–Kier alpha value is -3.36. The molecule has 5 nitrogen and oxygen atoms in total. The molecule has 0 fully saturated rings. The van der Waals surface area contributed by atoms with Gasteiger partial charge in [-0.1, -0.05) is 11.6 Å². The van der Waals surface area contributed by atoms with Crippen LogP contribution in [0.4, 0.5) is 5.69 Å². The van der Waals surface area contributed by atoms with Crippen molar-refractivity contribution in [1.29, 1.82) is 5.26 Å². The molecule has 26 heavy (non-hydrogen) atoms. The molecule has 2 aromatic carbocycles. The molecule has 128 valence electrons. The molecule has 1 amide bonds. The van der Waals surface area contributed by atoms with E-state index in [1.165, 1.54) is 0 Å². The number of hydrogen-bond donors (Lipinski definition) is 1. The molecule has 1 heterocycles. The number of anilines is 1. The molecule has 0 aliphatic carbocycles. The molecule has 1 aromatic heterocycles. The Balaban J connectivity index is 1.88. The first kappa shape index (κ1) is 17.5. The summed E-state index contributed by atoms with van der Waals surface area (Å²) < 4.78 is 5.38. The highest BCUT2D eigenvalue weighted by Crippen LogP contribution is 2.32. The van der Waals surface area contributed by atoms with Gasteiger partial charge in [-0.3, -0.25) is 9.78 Å². The summed E-state index contributed by atoms with van der Waals surface area (Å²) in [5.74, 6) is 0.367. The topological polar surface area (TPSA) is 75.0 Å². The van der Waals surface area contributed by atoms with E-state index < -0.39 is 0 Å². The zero-order valence-electron chi connectivity index (χ0n) is 13.9. The largest absolute Gasteiger partial charge is 0.496 e. The fourth-order valence-corrected chi connectivity index (χ4v) is 2.53. The van der Waals surface area contributed by atoms with Gasteiger partial charge in [0.05, 0.1) is 29.5 Å². The van der Waals surface area contributed by atoms with Crippen molar-refractivity contribution in [3.63, 3.8) is 0 Å². The zero-order valence-corrected chi connectivity index (χ0v) is 14.6. The van der Waals surface area contributed by atoms with Gasteiger partial charge in [-0.05, 0) is 54.6 Å². The quantitative estimate of drug-likeness (QED) is 0.738. The fourth-order valence-electron chi connectivity index (χ4n) is 2.42. The van der Waals surface area contributed by atoms with Gasteiger partial charge in [-0.2, -0.15) is 5.26 Å². The van der Waals surface area contributed by atoms with Crippen molar-refractivity contribution in [3.8, 4) is 23.1 Å². The van der Waals surface area contributed by atoms with Crippen LogP contribution in [-0.4, -0.2) is 18.0 Å². The smallest absolute Gasteiger partial charge is 0.255 e. The van der Waals surface area contributed by atoms with Crippen molar-refractivity contribution < 1.29 is 9.53 Å². The van der Waals surface area contributed by atoms with Gasteiger partial charge in [-0.15, -0.1) is 0 Å². The second kappa shape index (κ2) is 7.68. The van der Waals surface area contributed by atoms with E-state index >= 15 is 0 Å². The van der Waals surface area contributed by atoms with Crippen LogP contribution in [0.1, 0.15) is 15.9 Å². The molecule has 0 aliphatic rings. The van der Waals surface area contributed by atoms with Gasteiger partial charge < -0.3 is 10.1 Å². The van der Waals surface area contributed by atoms with Crippen LogP contribution in [-0.2, 0) is 0 Å². The van der Waals surface area contributed by atoms with Gasteiger partial charge in [0.15, 0.2) is 0 Å². The third-order valence-electron chi connectivity index (χ3n) is 3.74. The fraction of sp³-hybridized carbons (Fsp3) is 0.0500. The van der Waals surface area contributed by atoms with Crippen LogP contribution in [0.5, 0.6) is 5.75 Å². The summed E-state index contributed by atoms with van der Waals surface area (Å²) in [7, 11) is 1.57. The van der Waals surface area contributed by atoms with Crippen LogP contribution in [0.15, 0.2) is 60.8 Å². The maximum Gasteiger partial charge on any atom is 0.255 e. The first-order valence-electron chi connectivity index (χ1n) is 7.72. The Morgan fingerprint density at radius 3 is 2.54 bits per heavy atom. The summed E-state index contributed by atoms with van der Waals surface area (Å²) in [4.78, 5) is 16.7.